The number of hydrogen-bond acceptors (Lipinski definition) is 2. The Morgan fingerprint density at radius 3 is 1.29 bits per heavy atom. The number of hydrogen-bond donors (Lipinski definition) is 0. The van der Waals surface area contributed by atoms with Gasteiger partial charge in [0.1, 0.15) is 11.6 Å². The second kappa shape index (κ2) is 11.8. The van der Waals surface area contributed by atoms with Gasteiger partial charge in [-0.15, -0.1) is 0 Å². The fourth-order valence-corrected chi connectivity index (χ4v) is 1.88. The van der Waals surface area contributed by atoms with Gasteiger partial charge in [0.2, 0.25) is 0 Å². The lowest BCUT2D eigenvalue weighted by Gasteiger charge is -2.01. The summed E-state index contributed by atoms with van der Waals surface area (Å²) in [5, 5.41) is 0. The van der Waals surface area contributed by atoms with Gasteiger partial charge in [-0.3, -0.25) is 9.59 Å². The van der Waals surface area contributed by atoms with Crippen LogP contribution >= 0.6 is 0 Å². The quantitative estimate of drug-likeness (QED) is 0.472. The average molecular weight is 240 g/mol. The molecule has 0 aliphatic rings. The van der Waals surface area contributed by atoms with Crippen LogP contribution in [0, 0.1) is 0 Å². The smallest absolute Gasteiger partial charge is 0.132 e. The van der Waals surface area contributed by atoms with E-state index in [0.717, 1.165) is 44.9 Å². The van der Waals surface area contributed by atoms with Gasteiger partial charge in [-0.2, -0.15) is 0 Å². The summed E-state index contributed by atoms with van der Waals surface area (Å²) in [6.45, 7) is 4.28. The molecule has 0 bridgehead atoms. The second-order valence-corrected chi connectivity index (χ2v) is 4.85. The lowest BCUT2D eigenvalue weighted by molar-refractivity contribution is -0.120. The van der Waals surface area contributed by atoms with Crippen molar-refractivity contribution in [1.29, 1.82) is 0 Å². The minimum absolute atomic E-state index is 0.333. The van der Waals surface area contributed by atoms with Crippen LogP contribution in [-0.4, -0.2) is 11.6 Å². The molecule has 2 nitrogen and oxygen atoms in total. The molecule has 0 atom stereocenters. The molecule has 0 rings (SSSR count). The molecule has 0 saturated carbocycles. The number of rotatable bonds is 12. The van der Waals surface area contributed by atoms with Crippen molar-refractivity contribution < 1.29 is 9.59 Å². The van der Waals surface area contributed by atoms with Gasteiger partial charge in [-0.25, -0.2) is 0 Å². The van der Waals surface area contributed by atoms with Gasteiger partial charge in [-0.1, -0.05) is 39.5 Å². The maximum Gasteiger partial charge on any atom is 0.132 e. The maximum absolute atomic E-state index is 11.4. The summed E-state index contributed by atoms with van der Waals surface area (Å²) in [7, 11) is 0. The van der Waals surface area contributed by atoms with Gasteiger partial charge in [-0.05, 0) is 19.3 Å². The monoisotopic (exact) mass is 240 g/mol. The Kier molecular flexibility index (Phi) is 11.4. The zero-order chi connectivity index (χ0) is 12.9. The first-order valence-corrected chi connectivity index (χ1v) is 7.24. The normalized spacial score (nSPS) is 10.5. The maximum atomic E-state index is 11.4. The highest BCUT2D eigenvalue weighted by Crippen LogP contribution is 2.08. The third-order valence-electron chi connectivity index (χ3n) is 3.03. The Labute approximate surface area is 106 Å². The molecule has 0 radical (unpaired) electrons. The van der Waals surface area contributed by atoms with Gasteiger partial charge < -0.3 is 0 Å². The Morgan fingerprint density at radius 2 is 0.941 bits per heavy atom. The standard InChI is InChI=1S/C15H28O2/c1-3-5-7-10-14(16)12-9-13-15(17)11-8-6-4-2/h3-13H2,1-2H3. The lowest BCUT2D eigenvalue weighted by Crippen LogP contribution is -2.02. The van der Waals surface area contributed by atoms with E-state index in [-0.39, 0.29) is 0 Å². The molecule has 0 unspecified atom stereocenters. The SMILES string of the molecule is CCCCCC(=O)CCCC(=O)CCCCC. The molecule has 0 aromatic rings. The predicted molar refractivity (Wildman–Crippen MR) is 72.1 cm³/mol. The summed E-state index contributed by atoms with van der Waals surface area (Å²) < 4.78 is 0. The van der Waals surface area contributed by atoms with Gasteiger partial charge in [0.05, 0.1) is 0 Å². The molecule has 0 aromatic heterocycles. The molecule has 100 valence electrons. The number of carbonyl (C=O) groups excluding carboxylic acids is 2. The summed E-state index contributed by atoms with van der Waals surface area (Å²) in [6.07, 6.45) is 9.99. The van der Waals surface area contributed by atoms with E-state index in [4.69, 9.17) is 0 Å². The zero-order valence-electron chi connectivity index (χ0n) is 11.6. The van der Waals surface area contributed by atoms with Crippen LogP contribution in [0.15, 0.2) is 0 Å². The molecule has 17 heavy (non-hydrogen) atoms. The molecule has 0 saturated heterocycles. The van der Waals surface area contributed by atoms with Crippen molar-refractivity contribution in [3.05, 3.63) is 0 Å². The van der Waals surface area contributed by atoms with E-state index >= 15 is 0 Å². The van der Waals surface area contributed by atoms with Crippen molar-refractivity contribution >= 4 is 11.6 Å². The minimum Gasteiger partial charge on any atom is -0.300 e. The fourth-order valence-electron chi connectivity index (χ4n) is 1.88. The Balaban J connectivity index is 3.36. The second-order valence-electron chi connectivity index (χ2n) is 4.85. The van der Waals surface area contributed by atoms with Gasteiger partial charge in [0.25, 0.3) is 0 Å². The molecule has 0 N–H and O–H groups in total. The van der Waals surface area contributed by atoms with Crippen LogP contribution in [-0.2, 0) is 9.59 Å². The molecule has 0 aliphatic carbocycles. The van der Waals surface area contributed by atoms with Gasteiger partial charge in [0.15, 0.2) is 0 Å². The largest absolute Gasteiger partial charge is 0.300 e. The first-order valence-electron chi connectivity index (χ1n) is 7.24. The number of unbranched alkanes of at least 4 members (excludes halogenated alkanes) is 4. The Morgan fingerprint density at radius 1 is 0.588 bits per heavy atom. The topological polar surface area (TPSA) is 34.1 Å². The van der Waals surface area contributed by atoms with E-state index in [2.05, 4.69) is 13.8 Å². The van der Waals surface area contributed by atoms with Crippen LogP contribution in [0.3, 0.4) is 0 Å². The van der Waals surface area contributed by atoms with Crippen molar-refractivity contribution in [1.82, 2.24) is 0 Å². The molecule has 0 aliphatic heterocycles. The van der Waals surface area contributed by atoms with E-state index in [9.17, 15) is 9.59 Å². The molecular weight excluding hydrogens is 212 g/mol. The van der Waals surface area contributed by atoms with Crippen molar-refractivity contribution in [2.75, 3.05) is 0 Å². The van der Waals surface area contributed by atoms with Crippen LogP contribution in [0.4, 0.5) is 0 Å². The number of carbonyl (C=O) groups is 2. The van der Waals surface area contributed by atoms with Crippen molar-refractivity contribution in [3.8, 4) is 0 Å². The molecule has 2 heteroatoms. The van der Waals surface area contributed by atoms with Crippen LogP contribution in [0.1, 0.15) is 84.5 Å². The Hall–Kier alpha value is -0.660. The predicted octanol–water partition coefficient (Wildman–Crippen LogP) is 4.46. The summed E-state index contributed by atoms with van der Waals surface area (Å²) in [6, 6.07) is 0. The first kappa shape index (κ1) is 16.3. The highest BCUT2D eigenvalue weighted by Gasteiger charge is 2.05. The van der Waals surface area contributed by atoms with E-state index in [1.165, 1.54) is 0 Å². The van der Waals surface area contributed by atoms with Crippen molar-refractivity contribution in [3.63, 3.8) is 0 Å². The fraction of sp³-hybridized carbons (Fsp3) is 0.867. The summed E-state index contributed by atoms with van der Waals surface area (Å²) >= 11 is 0. The molecular formula is C15H28O2. The molecule has 0 amide bonds. The number of Topliss-reactive ketones (excluding diaryl/α,β-unsaturated/α-hetero) is 2. The van der Waals surface area contributed by atoms with Crippen LogP contribution in [0.25, 0.3) is 0 Å². The van der Waals surface area contributed by atoms with Crippen LogP contribution in [0.2, 0.25) is 0 Å². The average Bonchev–Trinajstić information content (AvgIpc) is 2.30. The summed E-state index contributed by atoms with van der Waals surface area (Å²) in [5.74, 6) is 0.666. The highest BCUT2D eigenvalue weighted by molar-refractivity contribution is 5.81. The molecule has 0 spiro atoms. The third-order valence-corrected chi connectivity index (χ3v) is 3.03. The molecule has 0 heterocycles. The van der Waals surface area contributed by atoms with Gasteiger partial charge >= 0.3 is 0 Å². The summed E-state index contributed by atoms with van der Waals surface area (Å²) in [4.78, 5) is 22.9. The summed E-state index contributed by atoms with van der Waals surface area (Å²) in [5.41, 5.74) is 0. The Bertz CT molecular complexity index is 187. The van der Waals surface area contributed by atoms with Gasteiger partial charge in [0, 0.05) is 25.7 Å². The lowest BCUT2D eigenvalue weighted by atomic mass is 10.0. The van der Waals surface area contributed by atoms with E-state index in [1.54, 1.807) is 0 Å². The molecule has 0 aromatic carbocycles. The van der Waals surface area contributed by atoms with Crippen molar-refractivity contribution in [2.45, 2.75) is 84.5 Å². The van der Waals surface area contributed by atoms with E-state index in [0.29, 0.717) is 37.2 Å². The van der Waals surface area contributed by atoms with Crippen LogP contribution in [0.5, 0.6) is 0 Å². The van der Waals surface area contributed by atoms with Crippen LogP contribution < -0.4 is 0 Å². The minimum atomic E-state index is 0.333. The van der Waals surface area contributed by atoms with E-state index in [1.807, 2.05) is 0 Å². The first-order chi connectivity index (χ1) is 8.20. The third kappa shape index (κ3) is 11.6. The molecule has 0 fully saturated rings. The zero-order valence-corrected chi connectivity index (χ0v) is 11.6. The van der Waals surface area contributed by atoms with Crippen molar-refractivity contribution in [2.24, 2.45) is 0 Å². The highest BCUT2D eigenvalue weighted by atomic mass is 16.1. The number of ketones is 2. The van der Waals surface area contributed by atoms with E-state index < -0.39 is 0 Å².